The van der Waals surface area contributed by atoms with Crippen molar-refractivity contribution in [2.45, 2.75) is 39.7 Å². The quantitative estimate of drug-likeness (QED) is 0.528. The highest BCUT2D eigenvalue weighted by atomic mass is 16.2. The lowest BCUT2D eigenvalue weighted by atomic mass is 10.0. The predicted octanol–water partition coefficient (Wildman–Crippen LogP) is 4.13. The van der Waals surface area contributed by atoms with Crippen LogP contribution in [0.4, 0.5) is 0 Å². The van der Waals surface area contributed by atoms with Crippen molar-refractivity contribution in [1.29, 1.82) is 0 Å². The van der Waals surface area contributed by atoms with Crippen LogP contribution in [0.5, 0.6) is 0 Å². The van der Waals surface area contributed by atoms with Crippen molar-refractivity contribution in [3.8, 4) is 5.69 Å². The number of hydrogen-bond donors (Lipinski definition) is 1. The molecule has 2 aromatic carbocycles. The molecule has 6 heteroatoms. The summed E-state index contributed by atoms with van der Waals surface area (Å²) in [6, 6.07) is 16.4. The van der Waals surface area contributed by atoms with Crippen LogP contribution in [0.2, 0.25) is 0 Å². The molecule has 1 amide bonds. The van der Waals surface area contributed by atoms with E-state index in [1.54, 1.807) is 4.68 Å². The third-order valence-corrected chi connectivity index (χ3v) is 5.63. The molecule has 4 aromatic rings. The van der Waals surface area contributed by atoms with Gasteiger partial charge in [-0.25, -0.2) is 4.68 Å². The first-order valence-corrected chi connectivity index (χ1v) is 10.3. The van der Waals surface area contributed by atoms with E-state index in [9.17, 15) is 4.79 Å². The third-order valence-electron chi connectivity index (χ3n) is 5.63. The van der Waals surface area contributed by atoms with E-state index in [2.05, 4.69) is 58.6 Å². The van der Waals surface area contributed by atoms with E-state index in [0.717, 1.165) is 29.8 Å². The van der Waals surface area contributed by atoms with E-state index in [4.69, 9.17) is 0 Å². The molecule has 0 bridgehead atoms. The summed E-state index contributed by atoms with van der Waals surface area (Å²) in [4.78, 5) is 13.0. The van der Waals surface area contributed by atoms with Crippen LogP contribution in [-0.4, -0.2) is 31.5 Å². The Hall–Kier alpha value is -3.41. The van der Waals surface area contributed by atoms with Gasteiger partial charge in [0.25, 0.3) is 5.91 Å². The number of carbonyl (C=O) groups excluding carboxylic acids is 1. The van der Waals surface area contributed by atoms with E-state index in [-0.39, 0.29) is 11.9 Å². The van der Waals surface area contributed by atoms with Crippen LogP contribution < -0.4 is 5.32 Å². The van der Waals surface area contributed by atoms with Crippen LogP contribution in [0.1, 0.15) is 40.7 Å². The van der Waals surface area contributed by atoms with E-state index in [1.807, 2.05) is 44.2 Å². The first kappa shape index (κ1) is 19.9. The van der Waals surface area contributed by atoms with Crippen molar-refractivity contribution in [3.05, 3.63) is 77.2 Å². The van der Waals surface area contributed by atoms with Crippen molar-refractivity contribution in [2.24, 2.45) is 7.05 Å². The lowest BCUT2D eigenvalue weighted by Gasteiger charge is -2.16. The molecule has 0 saturated carbocycles. The van der Waals surface area contributed by atoms with Gasteiger partial charge in [0.1, 0.15) is 0 Å². The van der Waals surface area contributed by atoms with E-state index < -0.39 is 0 Å². The molecule has 2 aromatic heterocycles. The zero-order valence-corrected chi connectivity index (χ0v) is 17.9. The van der Waals surface area contributed by atoms with Crippen LogP contribution in [-0.2, 0) is 13.5 Å². The molecule has 0 aliphatic carbocycles. The Balaban J connectivity index is 1.54. The monoisotopic (exact) mass is 401 g/mol. The minimum atomic E-state index is -0.182. The molecular formula is C24H27N5O. The van der Waals surface area contributed by atoms with E-state index >= 15 is 0 Å². The summed E-state index contributed by atoms with van der Waals surface area (Å²) < 4.78 is 3.85. The number of amides is 1. The second-order valence-electron chi connectivity index (χ2n) is 7.84. The first-order valence-electron chi connectivity index (χ1n) is 10.3. The topological polar surface area (TPSA) is 64.7 Å². The second-order valence-corrected chi connectivity index (χ2v) is 7.84. The summed E-state index contributed by atoms with van der Waals surface area (Å²) in [6.45, 7) is 6.00. The van der Waals surface area contributed by atoms with E-state index in [0.29, 0.717) is 5.69 Å². The molecule has 4 rings (SSSR count). The van der Waals surface area contributed by atoms with Gasteiger partial charge in [-0.2, -0.15) is 0 Å². The lowest BCUT2D eigenvalue weighted by molar-refractivity contribution is 0.0930. The number of aromatic nitrogens is 4. The van der Waals surface area contributed by atoms with Crippen LogP contribution in [0, 0.1) is 13.8 Å². The van der Waals surface area contributed by atoms with Gasteiger partial charge in [-0.15, -0.1) is 5.10 Å². The fraction of sp³-hybridized carbons (Fsp3) is 0.292. The molecule has 0 spiro atoms. The molecule has 6 nitrogen and oxygen atoms in total. The molecule has 30 heavy (non-hydrogen) atoms. The summed E-state index contributed by atoms with van der Waals surface area (Å²) in [5.41, 5.74) is 5.58. The van der Waals surface area contributed by atoms with Crippen molar-refractivity contribution in [1.82, 2.24) is 24.9 Å². The van der Waals surface area contributed by atoms with E-state index in [1.165, 1.54) is 16.5 Å². The van der Waals surface area contributed by atoms with Gasteiger partial charge >= 0.3 is 0 Å². The number of fused-ring (bicyclic) bond motifs is 1. The molecule has 0 saturated heterocycles. The number of hydrogen-bond acceptors (Lipinski definition) is 3. The molecule has 0 aliphatic rings. The van der Waals surface area contributed by atoms with Crippen LogP contribution in [0.15, 0.2) is 54.7 Å². The number of nitrogens with zero attached hydrogens (tertiary/aromatic N) is 4. The summed E-state index contributed by atoms with van der Waals surface area (Å²) >= 11 is 0. The van der Waals surface area contributed by atoms with Gasteiger partial charge in [0.15, 0.2) is 5.69 Å². The van der Waals surface area contributed by atoms with Gasteiger partial charge in [-0.05, 0) is 56.0 Å². The van der Waals surface area contributed by atoms with Gasteiger partial charge in [0.2, 0.25) is 0 Å². The molecule has 0 fully saturated rings. The summed E-state index contributed by atoms with van der Waals surface area (Å²) in [7, 11) is 2.05. The maximum atomic E-state index is 13.0. The van der Waals surface area contributed by atoms with Crippen molar-refractivity contribution in [3.63, 3.8) is 0 Å². The van der Waals surface area contributed by atoms with Gasteiger partial charge in [-0.3, -0.25) is 4.79 Å². The number of para-hydroxylation sites is 1. The smallest absolute Gasteiger partial charge is 0.273 e. The Morgan fingerprint density at radius 1 is 1.13 bits per heavy atom. The number of benzene rings is 2. The number of carbonyl (C=O) groups is 1. The van der Waals surface area contributed by atoms with Crippen molar-refractivity contribution in [2.75, 3.05) is 0 Å². The highest BCUT2D eigenvalue weighted by Crippen LogP contribution is 2.22. The molecular weight excluding hydrogens is 374 g/mol. The summed E-state index contributed by atoms with van der Waals surface area (Å²) in [6.07, 6.45) is 3.76. The van der Waals surface area contributed by atoms with Gasteiger partial charge < -0.3 is 9.88 Å². The molecule has 154 valence electrons. The average molecular weight is 402 g/mol. The summed E-state index contributed by atoms with van der Waals surface area (Å²) in [5.74, 6) is -0.182. The maximum Gasteiger partial charge on any atom is 0.273 e. The first-order chi connectivity index (χ1) is 14.5. The Bertz CT molecular complexity index is 1200. The molecule has 1 atom stereocenters. The lowest BCUT2D eigenvalue weighted by Crippen LogP contribution is -2.36. The Morgan fingerprint density at radius 3 is 2.70 bits per heavy atom. The Labute approximate surface area is 176 Å². The second kappa shape index (κ2) is 8.14. The number of nitrogens with one attached hydrogen (secondary N) is 1. The minimum Gasteiger partial charge on any atom is -0.350 e. The molecule has 1 N–H and O–H groups in total. The highest BCUT2D eigenvalue weighted by Gasteiger charge is 2.21. The zero-order valence-electron chi connectivity index (χ0n) is 17.9. The predicted molar refractivity (Wildman–Crippen MR) is 119 cm³/mol. The summed E-state index contributed by atoms with van der Waals surface area (Å²) in [5, 5.41) is 12.8. The van der Waals surface area contributed by atoms with Crippen LogP contribution in [0.3, 0.4) is 0 Å². The third kappa shape index (κ3) is 3.73. The fourth-order valence-electron chi connectivity index (χ4n) is 3.95. The number of aryl methyl sites for hydroxylation is 2. The Morgan fingerprint density at radius 2 is 1.93 bits per heavy atom. The van der Waals surface area contributed by atoms with Crippen molar-refractivity contribution >= 4 is 16.8 Å². The Kier molecular flexibility index (Phi) is 5.40. The van der Waals surface area contributed by atoms with Crippen LogP contribution in [0.25, 0.3) is 16.6 Å². The maximum absolute atomic E-state index is 13.0. The molecule has 1 unspecified atom stereocenters. The standard InChI is InChI=1S/C24H27N5O/c1-5-19(14-18-15-28(4)22-12-7-6-11-21(18)22)25-24(30)23-17(3)29(27-26-23)20-10-8-9-16(2)13-20/h6-13,15,19H,5,14H2,1-4H3,(H,25,30). The zero-order chi connectivity index (χ0) is 21.3. The molecule has 2 heterocycles. The number of rotatable bonds is 6. The van der Waals surface area contributed by atoms with Crippen molar-refractivity contribution < 1.29 is 4.79 Å². The van der Waals surface area contributed by atoms with Crippen LogP contribution >= 0.6 is 0 Å². The van der Waals surface area contributed by atoms with Gasteiger partial charge in [0.05, 0.1) is 11.4 Å². The highest BCUT2D eigenvalue weighted by molar-refractivity contribution is 5.93. The SMILES string of the molecule is CCC(Cc1cn(C)c2ccccc12)NC(=O)c1nnn(-c2cccc(C)c2)c1C. The fourth-order valence-corrected chi connectivity index (χ4v) is 3.95. The molecule has 0 aliphatic heterocycles. The average Bonchev–Trinajstić information content (AvgIpc) is 3.28. The normalized spacial score (nSPS) is 12.3. The largest absolute Gasteiger partial charge is 0.350 e. The van der Waals surface area contributed by atoms with Gasteiger partial charge in [-0.1, -0.05) is 42.5 Å². The minimum absolute atomic E-state index is 0.0202. The van der Waals surface area contributed by atoms with Gasteiger partial charge in [0, 0.05) is 30.2 Å². The molecule has 0 radical (unpaired) electrons.